The number of hydrogen-bond donors (Lipinski definition) is 0. The monoisotopic (exact) mass is 417 g/mol. The number of hydrogen-bond acceptors (Lipinski definition) is 4. The Morgan fingerprint density at radius 1 is 1.10 bits per heavy atom. The standard InChI is InChI=1S/C24H23N3O2S/c1-4-17-11-13-18(14-12-17)27-22(25-20-9-6-5-8-19(20)23(27)28)16(2)26(3)24(29)21-10-7-15-30-21/h5-16H,4H2,1-3H3. The fourth-order valence-electron chi connectivity index (χ4n) is 3.48. The summed E-state index contributed by atoms with van der Waals surface area (Å²) in [6.07, 6.45) is 0.923. The van der Waals surface area contributed by atoms with Crippen LogP contribution in [0, 0.1) is 0 Å². The molecule has 0 fully saturated rings. The first-order chi connectivity index (χ1) is 14.5. The molecule has 4 aromatic rings. The fourth-order valence-corrected chi connectivity index (χ4v) is 4.19. The quantitative estimate of drug-likeness (QED) is 0.467. The Bertz CT molecular complexity index is 1240. The van der Waals surface area contributed by atoms with Gasteiger partial charge in [-0.25, -0.2) is 4.98 Å². The van der Waals surface area contributed by atoms with Gasteiger partial charge in [0.1, 0.15) is 5.82 Å². The van der Waals surface area contributed by atoms with Gasteiger partial charge in [-0.3, -0.25) is 14.2 Å². The van der Waals surface area contributed by atoms with Crippen LogP contribution in [0.1, 0.15) is 40.9 Å². The second-order valence-corrected chi connectivity index (χ2v) is 8.16. The Labute approximate surface area is 179 Å². The van der Waals surface area contributed by atoms with Crippen LogP contribution in [0.3, 0.4) is 0 Å². The largest absolute Gasteiger partial charge is 0.331 e. The molecule has 1 amide bonds. The molecule has 6 heteroatoms. The van der Waals surface area contributed by atoms with Crippen LogP contribution in [0.4, 0.5) is 0 Å². The number of aromatic nitrogens is 2. The van der Waals surface area contributed by atoms with E-state index < -0.39 is 6.04 Å². The lowest BCUT2D eigenvalue weighted by Crippen LogP contribution is -2.34. The van der Waals surface area contributed by atoms with Gasteiger partial charge in [-0.05, 0) is 54.6 Å². The highest BCUT2D eigenvalue weighted by Gasteiger charge is 2.25. The summed E-state index contributed by atoms with van der Waals surface area (Å²) in [7, 11) is 1.75. The van der Waals surface area contributed by atoms with Crippen molar-refractivity contribution in [3.8, 4) is 5.69 Å². The van der Waals surface area contributed by atoms with Crippen molar-refractivity contribution >= 4 is 28.1 Å². The predicted octanol–water partition coefficient (Wildman–Crippen LogP) is 4.84. The second-order valence-electron chi connectivity index (χ2n) is 7.22. The molecule has 0 radical (unpaired) electrons. The van der Waals surface area contributed by atoms with E-state index in [1.165, 1.54) is 16.9 Å². The van der Waals surface area contributed by atoms with Gasteiger partial charge in [0, 0.05) is 7.05 Å². The van der Waals surface area contributed by atoms with Gasteiger partial charge >= 0.3 is 0 Å². The first kappa shape index (κ1) is 20.0. The zero-order valence-electron chi connectivity index (χ0n) is 17.2. The minimum atomic E-state index is -0.400. The van der Waals surface area contributed by atoms with E-state index in [0.29, 0.717) is 21.6 Å². The summed E-state index contributed by atoms with van der Waals surface area (Å²) in [6, 6.07) is 18.5. The minimum absolute atomic E-state index is 0.0900. The lowest BCUT2D eigenvalue weighted by Gasteiger charge is -2.26. The van der Waals surface area contributed by atoms with Crippen LogP contribution in [-0.2, 0) is 6.42 Å². The summed E-state index contributed by atoms with van der Waals surface area (Å²) in [4.78, 5) is 33.5. The lowest BCUT2D eigenvalue weighted by atomic mass is 10.1. The van der Waals surface area contributed by atoms with E-state index in [1.807, 2.05) is 60.8 Å². The van der Waals surface area contributed by atoms with Crippen molar-refractivity contribution < 1.29 is 4.79 Å². The second kappa shape index (κ2) is 8.24. The molecular formula is C24H23N3O2S. The summed E-state index contributed by atoms with van der Waals surface area (Å²) in [5.74, 6) is 0.447. The highest BCUT2D eigenvalue weighted by Crippen LogP contribution is 2.24. The van der Waals surface area contributed by atoms with Crippen LogP contribution in [0.25, 0.3) is 16.6 Å². The third-order valence-electron chi connectivity index (χ3n) is 5.41. The highest BCUT2D eigenvalue weighted by atomic mass is 32.1. The summed E-state index contributed by atoms with van der Waals surface area (Å²) in [6.45, 7) is 4.00. The van der Waals surface area contributed by atoms with Crippen molar-refractivity contribution in [2.75, 3.05) is 7.05 Å². The molecule has 30 heavy (non-hydrogen) atoms. The van der Waals surface area contributed by atoms with E-state index in [-0.39, 0.29) is 11.5 Å². The molecule has 0 saturated carbocycles. The molecule has 1 unspecified atom stereocenters. The Morgan fingerprint density at radius 3 is 2.50 bits per heavy atom. The number of aryl methyl sites for hydroxylation is 1. The Kier molecular flexibility index (Phi) is 5.50. The minimum Gasteiger partial charge on any atom is -0.331 e. The van der Waals surface area contributed by atoms with Crippen LogP contribution in [0.5, 0.6) is 0 Å². The van der Waals surface area contributed by atoms with Gasteiger partial charge < -0.3 is 4.90 Å². The molecule has 0 aliphatic heterocycles. The zero-order valence-corrected chi connectivity index (χ0v) is 18.0. The Morgan fingerprint density at radius 2 is 1.83 bits per heavy atom. The number of amides is 1. The number of nitrogens with zero attached hydrogens (tertiary/aromatic N) is 3. The third-order valence-corrected chi connectivity index (χ3v) is 6.27. The summed E-state index contributed by atoms with van der Waals surface area (Å²) in [5.41, 5.74) is 2.43. The van der Waals surface area contributed by atoms with Gasteiger partial charge in [0.15, 0.2) is 0 Å². The number of fused-ring (bicyclic) bond motifs is 1. The maximum absolute atomic E-state index is 13.5. The average molecular weight is 418 g/mol. The fraction of sp³-hybridized carbons (Fsp3) is 0.208. The third kappa shape index (κ3) is 3.55. The molecule has 0 saturated heterocycles. The van der Waals surface area contributed by atoms with Crippen molar-refractivity contribution in [3.63, 3.8) is 0 Å². The number of thiophene rings is 1. The van der Waals surface area contributed by atoms with Crippen molar-refractivity contribution in [3.05, 3.63) is 92.7 Å². The maximum Gasteiger partial charge on any atom is 0.266 e. The van der Waals surface area contributed by atoms with Crippen LogP contribution in [0.2, 0.25) is 0 Å². The van der Waals surface area contributed by atoms with Crippen molar-refractivity contribution in [2.45, 2.75) is 26.3 Å². The average Bonchev–Trinajstić information content (AvgIpc) is 3.32. The molecule has 0 aliphatic rings. The Hall–Kier alpha value is -3.25. The predicted molar refractivity (Wildman–Crippen MR) is 122 cm³/mol. The van der Waals surface area contributed by atoms with Crippen LogP contribution in [-0.4, -0.2) is 27.4 Å². The first-order valence-electron chi connectivity index (χ1n) is 9.93. The molecule has 0 aliphatic carbocycles. The molecule has 0 N–H and O–H groups in total. The SMILES string of the molecule is CCc1ccc(-n2c(C(C)N(C)C(=O)c3cccs3)nc3ccccc3c2=O)cc1. The van der Waals surface area contributed by atoms with Gasteiger partial charge in [0.25, 0.3) is 11.5 Å². The van der Waals surface area contributed by atoms with E-state index >= 15 is 0 Å². The van der Waals surface area contributed by atoms with Gasteiger partial charge in [0.05, 0.1) is 27.5 Å². The van der Waals surface area contributed by atoms with Gasteiger partial charge in [0.2, 0.25) is 0 Å². The molecule has 2 aromatic carbocycles. The molecule has 2 aromatic heterocycles. The molecular weight excluding hydrogens is 394 g/mol. The first-order valence-corrected chi connectivity index (χ1v) is 10.8. The van der Waals surface area contributed by atoms with Crippen molar-refractivity contribution in [1.29, 1.82) is 0 Å². The normalized spacial score (nSPS) is 12.1. The van der Waals surface area contributed by atoms with E-state index in [4.69, 9.17) is 4.98 Å². The van der Waals surface area contributed by atoms with Crippen LogP contribution >= 0.6 is 11.3 Å². The van der Waals surface area contributed by atoms with Crippen LogP contribution < -0.4 is 5.56 Å². The molecule has 2 heterocycles. The molecule has 5 nitrogen and oxygen atoms in total. The highest BCUT2D eigenvalue weighted by molar-refractivity contribution is 7.12. The molecule has 0 spiro atoms. The number of para-hydroxylation sites is 1. The van der Waals surface area contributed by atoms with Gasteiger partial charge in [-0.15, -0.1) is 11.3 Å². The van der Waals surface area contributed by atoms with Crippen molar-refractivity contribution in [1.82, 2.24) is 14.5 Å². The molecule has 152 valence electrons. The number of benzene rings is 2. The van der Waals surface area contributed by atoms with E-state index in [1.54, 1.807) is 28.6 Å². The summed E-state index contributed by atoms with van der Waals surface area (Å²) in [5, 5.41) is 2.44. The summed E-state index contributed by atoms with van der Waals surface area (Å²) < 4.78 is 1.63. The number of carbonyl (C=O) groups is 1. The number of rotatable bonds is 5. The van der Waals surface area contributed by atoms with Crippen molar-refractivity contribution in [2.24, 2.45) is 0 Å². The molecule has 1 atom stereocenters. The van der Waals surface area contributed by atoms with Gasteiger partial charge in [-0.1, -0.05) is 37.3 Å². The zero-order chi connectivity index (χ0) is 21.3. The molecule has 4 rings (SSSR count). The molecule has 0 bridgehead atoms. The topological polar surface area (TPSA) is 55.2 Å². The maximum atomic E-state index is 13.5. The lowest BCUT2D eigenvalue weighted by molar-refractivity contribution is 0.0740. The van der Waals surface area contributed by atoms with E-state index in [9.17, 15) is 9.59 Å². The Balaban J connectivity index is 1.88. The van der Waals surface area contributed by atoms with Gasteiger partial charge in [-0.2, -0.15) is 0 Å². The summed E-state index contributed by atoms with van der Waals surface area (Å²) >= 11 is 1.40. The number of carbonyl (C=O) groups excluding carboxylic acids is 1. The van der Waals surface area contributed by atoms with Crippen LogP contribution in [0.15, 0.2) is 70.8 Å². The smallest absolute Gasteiger partial charge is 0.266 e. The van der Waals surface area contributed by atoms with E-state index in [2.05, 4.69) is 6.92 Å². The van der Waals surface area contributed by atoms with E-state index in [0.717, 1.165) is 12.1 Å².